The zero-order valence-electron chi connectivity index (χ0n) is 8.23. The summed E-state index contributed by atoms with van der Waals surface area (Å²) in [6, 6.07) is 0. The van der Waals surface area contributed by atoms with Gasteiger partial charge in [-0.05, 0) is 0 Å². The lowest BCUT2D eigenvalue weighted by atomic mass is 9.73. The highest BCUT2D eigenvalue weighted by molar-refractivity contribution is 6.19. The summed E-state index contributed by atoms with van der Waals surface area (Å²) in [7, 11) is 0. The molecule has 0 fully saturated rings. The summed E-state index contributed by atoms with van der Waals surface area (Å²) in [5.74, 6) is -11.7. The van der Waals surface area contributed by atoms with E-state index in [9.17, 15) is 19.2 Å². The molecule has 0 saturated heterocycles. The summed E-state index contributed by atoms with van der Waals surface area (Å²) in [5, 5.41) is 34.8. The predicted octanol–water partition coefficient (Wildman–Crippen LogP) is -2.83. The molecule has 10 heteroatoms. The fourth-order valence-corrected chi connectivity index (χ4v) is 1.31. The van der Waals surface area contributed by atoms with Crippen LogP contribution in [0.2, 0.25) is 0 Å². The maximum atomic E-state index is 10.8. The molecule has 0 aliphatic carbocycles. The van der Waals surface area contributed by atoms with E-state index in [1.165, 1.54) is 0 Å². The van der Waals surface area contributed by atoms with Crippen LogP contribution in [0.1, 0.15) is 0 Å². The Morgan fingerprint density at radius 2 is 1.12 bits per heavy atom. The number of nitrogens with two attached hydrogens (primary N) is 2. The van der Waals surface area contributed by atoms with Crippen LogP contribution in [0.25, 0.3) is 0 Å². The molecule has 0 aliphatic rings. The number of carbonyl (C=O) groups is 4. The van der Waals surface area contributed by atoms with E-state index >= 15 is 0 Å². The standard InChI is InChI=1S/C7H10N2O8/c8-2(9)1(3(10)11)7(4(12)13,5(14)15)6(16)17/h1-2H,8-9H2,(H,10,11)(H,12,13)(H,14,15)(H,16,17). The molecule has 0 spiro atoms. The quantitative estimate of drug-likeness (QED) is 0.210. The molecule has 8 N–H and O–H groups in total. The summed E-state index contributed by atoms with van der Waals surface area (Å²) < 4.78 is 0. The third-order valence-corrected chi connectivity index (χ3v) is 2.13. The lowest BCUT2D eigenvalue weighted by Crippen LogP contribution is -2.61. The zero-order valence-corrected chi connectivity index (χ0v) is 8.23. The molecule has 0 aromatic heterocycles. The van der Waals surface area contributed by atoms with Crippen LogP contribution in [0.15, 0.2) is 0 Å². The first kappa shape index (κ1) is 14.8. The van der Waals surface area contributed by atoms with Crippen LogP contribution in [0, 0.1) is 11.3 Å². The van der Waals surface area contributed by atoms with Gasteiger partial charge in [0.15, 0.2) is 0 Å². The molecule has 0 amide bonds. The normalized spacial score (nSPS) is 13.1. The van der Waals surface area contributed by atoms with Crippen molar-refractivity contribution in [3.63, 3.8) is 0 Å². The van der Waals surface area contributed by atoms with Gasteiger partial charge in [-0.3, -0.25) is 19.2 Å². The first-order valence-electron chi connectivity index (χ1n) is 4.04. The van der Waals surface area contributed by atoms with Gasteiger partial charge in [0.25, 0.3) is 5.41 Å². The fourth-order valence-electron chi connectivity index (χ4n) is 1.31. The highest BCUT2D eigenvalue weighted by Crippen LogP contribution is 2.31. The van der Waals surface area contributed by atoms with Gasteiger partial charge in [0.05, 0.1) is 6.17 Å². The number of rotatable bonds is 6. The van der Waals surface area contributed by atoms with Gasteiger partial charge in [-0.2, -0.15) is 0 Å². The highest BCUT2D eigenvalue weighted by Gasteiger charge is 2.64. The summed E-state index contributed by atoms with van der Waals surface area (Å²) in [6.07, 6.45) is -1.98. The minimum Gasteiger partial charge on any atom is -0.481 e. The van der Waals surface area contributed by atoms with Crippen LogP contribution in [0.5, 0.6) is 0 Å². The van der Waals surface area contributed by atoms with Crippen LogP contribution >= 0.6 is 0 Å². The minimum atomic E-state index is -3.64. The van der Waals surface area contributed by atoms with E-state index in [2.05, 4.69) is 0 Å². The molecule has 96 valence electrons. The molecule has 17 heavy (non-hydrogen) atoms. The number of aliphatic carboxylic acids is 4. The van der Waals surface area contributed by atoms with Crippen molar-refractivity contribution in [1.29, 1.82) is 0 Å². The van der Waals surface area contributed by atoms with E-state index in [4.69, 9.17) is 31.9 Å². The molecule has 0 radical (unpaired) electrons. The molecule has 0 heterocycles. The molecule has 0 aromatic rings. The Kier molecular flexibility index (Phi) is 4.14. The maximum absolute atomic E-state index is 10.8. The van der Waals surface area contributed by atoms with Crippen molar-refractivity contribution in [2.75, 3.05) is 0 Å². The third-order valence-electron chi connectivity index (χ3n) is 2.13. The van der Waals surface area contributed by atoms with Gasteiger partial charge < -0.3 is 31.9 Å². The van der Waals surface area contributed by atoms with Crippen LogP contribution in [0.3, 0.4) is 0 Å². The smallest absolute Gasteiger partial charge is 0.333 e. The monoisotopic (exact) mass is 250 g/mol. The molecule has 1 atom stereocenters. The molecule has 0 aliphatic heterocycles. The van der Waals surface area contributed by atoms with E-state index in [0.717, 1.165) is 0 Å². The minimum absolute atomic E-state index is 1.98. The van der Waals surface area contributed by atoms with Crippen molar-refractivity contribution >= 4 is 23.9 Å². The molecule has 10 nitrogen and oxygen atoms in total. The van der Waals surface area contributed by atoms with E-state index in [1.807, 2.05) is 0 Å². The van der Waals surface area contributed by atoms with Crippen LogP contribution < -0.4 is 11.5 Å². The Labute approximate surface area is 93.4 Å². The molecular weight excluding hydrogens is 240 g/mol. The molecule has 0 saturated carbocycles. The Hall–Kier alpha value is -2.20. The summed E-state index contributed by atoms with van der Waals surface area (Å²) >= 11 is 0. The van der Waals surface area contributed by atoms with Gasteiger partial charge in [0.1, 0.15) is 5.92 Å². The van der Waals surface area contributed by atoms with E-state index in [0.29, 0.717) is 0 Å². The summed E-state index contributed by atoms with van der Waals surface area (Å²) in [4.78, 5) is 43.2. The summed E-state index contributed by atoms with van der Waals surface area (Å²) in [5.41, 5.74) is 6.25. The van der Waals surface area contributed by atoms with Crippen LogP contribution in [-0.2, 0) is 19.2 Å². The maximum Gasteiger partial charge on any atom is 0.333 e. The van der Waals surface area contributed by atoms with Crippen LogP contribution in [0.4, 0.5) is 0 Å². The first-order chi connectivity index (χ1) is 7.59. The van der Waals surface area contributed by atoms with Crippen molar-refractivity contribution in [2.24, 2.45) is 22.8 Å². The zero-order chi connectivity index (χ0) is 14.0. The largest absolute Gasteiger partial charge is 0.481 e. The predicted molar refractivity (Wildman–Crippen MR) is 48.6 cm³/mol. The average Bonchev–Trinajstić information content (AvgIpc) is 2.09. The van der Waals surface area contributed by atoms with Crippen molar-refractivity contribution in [2.45, 2.75) is 6.17 Å². The van der Waals surface area contributed by atoms with Crippen molar-refractivity contribution in [3.05, 3.63) is 0 Å². The number of carboxylic acids is 4. The molecule has 0 rings (SSSR count). The molecular formula is C7H10N2O8. The van der Waals surface area contributed by atoms with Gasteiger partial charge in [0, 0.05) is 0 Å². The van der Waals surface area contributed by atoms with Gasteiger partial charge in [-0.15, -0.1) is 0 Å². The lowest BCUT2D eigenvalue weighted by Gasteiger charge is -2.28. The second kappa shape index (κ2) is 4.76. The second-order valence-corrected chi connectivity index (χ2v) is 3.12. The average molecular weight is 250 g/mol. The fraction of sp³-hybridized carbons (Fsp3) is 0.429. The topological polar surface area (TPSA) is 201 Å². The van der Waals surface area contributed by atoms with Crippen LogP contribution in [-0.4, -0.2) is 50.5 Å². The second-order valence-electron chi connectivity index (χ2n) is 3.12. The van der Waals surface area contributed by atoms with Crippen molar-refractivity contribution < 1.29 is 39.6 Å². The SMILES string of the molecule is NC(N)C(C(=O)O)C(C(=O)O)(C(=O)O)C(=O)O. The number of hydrogen-bond donors (Lipinski definition) is 6. The Bertz CT molecular complexity index is 340. The first-order valence-corrected chi connectivity index (χ1v) is 4.04. The summed E-state index contributed by atoms with van der Waals surface area (Å²) in [6.45, 7) is 0. The molecule has 0 aromatic carbocycles. The Balaban J connectivity index is 6.07. The highest BCUT2D eigenvalue weighted by atomic mass is 16.4. The van der Waals surface area contributed by atoms with Gasteiger partial charge in [-0.1, -0.05) is 0 Å². The van der Waals surface area contributed by atoms with Gasteiger partial charge in [0.2, 0.25) is 0 Å². The van der Waals surface area contributed by atoms with Gasteiger partial charge >= 0.3 is 23.9 Å². The van der Waals surface area contributed by atoms with E-state index in [1.54, 1.807) is 0 Å². The van der Waals surface area contributed by atoms with E-state index in [-0.39, 0.29) is 0 Å². The third kappa shape index (κ3) is 2.16. The van der Waals surface area contributed by atoms with Crippen molar-refractivity contribution in [3.8, 4) is 0 Å². The number of hydrogen-bond acceptors (Lipinski definition) is 6. The van der Waals surface area contributed by atoms with Crippen molar-refractivity contribution in [1.82, 2.24) is 0 Å². The Morgan fingerprint density at radius 1 is 0.824 bits per heavy atom. The molecule has 0 bridgehead atoms. The number of carboxylic acid groups (broad SMARTS) is 4. The molecule has 1 unspecified atom stereocenters. The van der Waals surface area contributed by atoms with E-state index < -0.39 is 41.4 Å². The van der Waals surface area contributed by atoms with Gasteiger partial charge in [-0.25, -0.2) is 0 Å². The lowest BCUT2D eigenvalue weighted by molar-refractivity contribution is -0.186. The Morgan fingerprint density at radius 3 is 1.18 bits per heavy atom.